The summed E-state index contributed by atoms with van der Waals surface area (Å²) in [5.41, 5.74) is 6.59. The number of hydrogen-bond donors (Lipinski definition) is 1. The van der Waals surface area contributed by atoms with Crippen LogP contribution in [-0.2, 0) is 11.9 Å². The van der Waals surface area contributed by atoms with E-state index in [2.05, 4.69) is 31.2 Å². The number of nitrogens with two attached hydrogens (primary N) is 1. The number of aromatic nitrogens is 3. The molecule has 2 aromatic rings. The van der Waals surface area contributed by atoms with E-state index in [-0.39, 0.29) is 18.2 Å². The largest absolute Gasteiger partial charge is 0.480 e. The molecule has 0 atom stereocenters. The van der Waals surface area contributed by atoms with Crippen LogP contribution in [0.3, 0.4) is 0 Å². The van der Waals surface area contributed by atoms with Gasteiger partial charge in [0, 0.05) is 13.2 Å². The van der Waals surface area contributed by atoms with E-state index in [1.807, 2.05) is 0 Å². The third-order valence-electron chi connectivity index (χ3n) is 2.66. The van der Waals surface area contributed by atoms with Crippen LogP contribution < -0.4 is 10.5 Å². The summed E-state index contributed by atoms with van der Waals surface area (Å²) >= 11 is 3.29. The normalized spacial score (nSPS) is 11.3. The summed E-state index contributed by atoms with van der Waals surface area (Å²) in [6, 6.07) is 3.38. The molecular formula is C13H14BrN5O3. The molecule has 116 valence electrons. The molecule has 0 bridgehead atoms. The van der Waals surface area contributed by atoms with Gasteiger partial charge in [0.25, 0.3) is 0 Å². The average Bonchev–Trinajstić information content (AvgIpc) is 2.94. The molecule has 0 saturated carbocycles. The van der Waals surface area contributed by atoms with E-state index >= 15 is 0 Å². The Morgan fingerprint density at radius 2 is 2.27 bits per heavy atom. The first-order valence-electron chi connectivity index (χ1n) is 6.19. The zero-order valence-electron chi connectivity index (χ0n) is 12.0. The molecular weight excluding hydrogens is 354 g/mol. The lowest BCUT2D eigenvalue weighted by molar-refractivity contribution is 0.0775. The van der Waals surface area contributed by atoms with Gasteiger partial charge in [-0.1, -0.05) is 5.16 Å². The van der Waals surface area contributed by atoms with Gasteiger partial charge < -0.3 is 15.3 Å². The lowest BCUT2D eigenvalue weighted by atomic mass is 10.2. The molecule has 0 fully saturated rings. The van der Waals surface area contributed by atoms with Crippen LogP contribution in [0.1, 0.15) is 16.1 Å². The fraction of sp³-hybridized carbons (Fsp3) is 0.231. The van der Waals surface area contributed by atoms with Crippen LogP contribution in [-0.4, -0.2) is 40.1 Å². The summed E-state index contributed by atoms with van der Waals surface area (Å²) in [6.45, 7) is -0.236. The van der Waals surface area contributed by atoms with Gasteiger partial charge in [-0.25, -0.2) is 4.98 Å². The van der Waals surface area contributed by atoms with Crippen molar-refractivity contribution in [2.45, 2.75) is 0 Å². The second-order valence-electron chi connectivity index (χ2n) is 4.26. The van der Waals surface area contributed by atoms with Crippen LogP contribution in [0.5, 0.6) is 5.88 Å². The minimum Gasteiger partial charge on any atom is -0.480 e. The standard InChI is InChI=1S/C13H14BrN5O3/c1-19-6-8(5-16-19)11(20)7-22-18-12(15)10-4-3-9(14)13(17-10)21-2/h3-6H,7H2,1-2H3,(H2,15,18). The van der Waals surface area contributed by atoms with E-state index in [1.165, 1.54) is 18.0 Å². The Balaban J connectivity index is 1.99. The number of hydrogen-bond acceptors (Lipinski definition) is 6. The van der Waals surface area contributed by atoms with Crippen molar-refractivity contribution in [1.29, 1.82) is 0 Å². The number of halogens is 1. The number of amidine groups is 1. The zero-order valence-corrected chi connectivity index (χ0v) is 13.6. The van der Waals surface area contributed by atoms with E-state index in [9.17, 15) is 4.79 Å². The van der Waals surface area contributed by atoms with E-state index in [1.54, 1.807) is 25.4 Å². The second-order valence-corrected chi connectivity index (χ2v) is 5.12. The molecule has 2 N–H and O–H groups in total. The molecule has 0 saturated heterocycles. The molecule has 0 amide bonds. The first-order chi connectivity index (χ1) is 10.5. The van der Waals surface area contributed by atoms with Crippen molar-refractivity contribution in [1.82, 2.24) is 14.8 Å². The topological polar surface area (TPSA) is 105 Å². The van der Waals surface area contributed by atoms with Gasteiger partial charge in [0.05, 0.1) is 23.3 Å². The summed E-state index contributed by atoms with van der Waals surface area (Å²) in [5.74, 6) is 0.179. The van der Waals surface area contributed by atoms with Gasteiger partial charge in [0.1, 0.15) is 5.69 Å². The first kappa shape index (κ1) is 16.0. The molecule has 0 spiro atoms. The van der Waals surface area contributed by atoms with E-state index in [0.717, 1.165) is 0 Å². The van der Waals surface area contributed by atoms with Gasteiger partial charge in [0.2, 0.25) is 11.7 Å². The predicted molar refractivity (Wildman–Crippen MR) is 82.7 cm³/mol. The molecule has 0 aliphatic heterocycles. The van der Waals surface area contributed by atoms with Gasteiger partial charge in [-0.05, 0) is 28.1 Å². The number of carbonyl (C=O) groups is 1. The van der Waals surface area contributed by atoms with Crippen molar-refractivity contribution in [3.63, 3.8) is 0 Å². The van der Waals surface area contributed by atoms with Crippen molar-refractivity contribution in [3.05, 3.63) is 40.3 Å². The molecule has 0 aliphatic carbocycles. The highest BCUT2D eigenvalue weighted by molar-refractivity contribution is 9.10. The van der Waals surface area contributed by atoms with Crippen molar-refractivity contribution >= 4 is 27.5 Å². The van der Waals surface area contributed by atoms with E-state index < -0.39 is 0 Å². The van der Waals surface area contributed by atoms with Crippen LogP contribution >= 0.6 is 15.9 Å². The Kier molecular flexibility index (Phi) is 5.10. The van der Waals surface area contributed by atoms with Gasteiger partial charge >= 0.3 is 0 Å². The Hall–Kier alpha value is -2.42. The molecule has 0 radical (unpaired) electrons. The van der Waals surface area contributed by atoms with Crippen molar-refractivity contribution in [3.8, 4) is 5.88 Å². The number of Topliss-reactive ketones (excluding diaryl/α,β-unsaturated/α-hetero) is 1. The molecule has 8 nitrogen and oxygen atoms in total. The van der Waals surface area contributed by atoms with Crippen LogP contribution in [0.4, 0.5) is 0 Å². The lowest BCUT2D eigenvalue weighted by Gasteiger charge is -2.05. The summed E-state index contributed by atoms with van der Waals surface area (Å²) in [4.78, 5) is 20.9. The average molecular weight is 368 g/mol. The maximum Gasteiger partial charge on any atom is 0.228 e. The number of nitrogens with zero attached hydrogens (tertiary/aromatic N) is 4. The van der Waals surface area contributed by atoms with Crippen LogP contribution in [0, 0.1) is 0 Å². The number of methoxy groups -OCH3 is 1. The molecule has 0 unspecified atom stereocenters. The minimum absolute atomic E-state index is 0.0461. The molecule has 0 aliphatic rings. The molecule has 9 heteroatoms. The highest BCUT2D eigenvalue weighted by atomic mass is 79.9. The highest BCUT2D eigenvalue weighted by Crippen LogP contribution is 2.21. The number of ketones is 1. The van der Waals surface area contributed by atoms with Gasteiger partial charge in [0.15, 0.2) is 12.4 Å². The van der Waals surface area contributed by atoms with Gasteiger partial charge in [-0.15, -0.1) is 0 Å². The second kappa shape index (κ2) is 7.03. The number of rotatable bonds is 6. The first-order valence-corrected chi connectivity index (χ1v) is 6.98. The SMILES string of the molecule is COc1nc(/C(N)=N/OCC(=O)c2cnn(C)c2)ccc1Br. The maximum atomic E-state index is 11.8. The van der Waals surface area contributed by atoms with E-state index in [4.69, 9.17) is 15.3 Å². The van der Waals surface area contributed by atoms with Crippen molar-refractivity contribution in [2.24, 2.45) is 17.9 Å². The summed E-state index contributed by atoms with van der Waals surface area (Å²) < 4.78 is 7.29. The van der Waals surface area contributed by atoms with Crippen LogP contribution in [0.2, 0.25) is 0 Å². The number of pyridine rings is 1. The Labute approximate surface area is 135 Å². The number of ether oxygens (including phenoxy) is 1. The molecule has 2 heterocycles. The minimum atomic E-state index is -0.244. The zero-order chi connectivity index (χ0) is 16.1. The fourth-order valence-electron chi connectivity index (χ4n) is 1.57. The monoisotopic (exact) mass is 367 g/mol. The molecule has 2 rings (SSSR count). The van der Waals surface area contributed by atoms with Crippen LogP contribution in [0.15, 0.2) is 34.2 Å². The maximum absolute atomic E-state index is 11.8. The number of oxime groups is 1. The molecule has 0 aromatic carbocycles. The summed E-state index contributed by atoms with van der Waals surface area (Å²) in [7, 11) is 3.22. The van der Waals surface area contributed by atoms with Crippen molar-refractivity contribution in [2.75, 3.05) is 13.7 Å². The molecule has 2 aromatic heterocycles. The fourth-order valence-corrected chi connectivity index (χ4v) is 1.95. The third kappa shape index (κ3) is 3.82. The number of aryl methyl sites for hydroxylation is 1. The quantitative estimate of drug-likeness (QED) is 0.354. The lowest BCUT2D eigenvalue weighted by Crippen LogP contribution is -2.17. The molecule has 22 heavy (non-hydrogen) atoms. The Bertz CT molecular complexity index is 713. The number of carbonyl (C=O) groups excluding carboxylic acids is 1. The smallest absolute Gasteiger partial charge is 0.228 e. The Morgan fingerprint density at radius 3 is 2.91 bits per heavy atom. The Morgan fingerprint density at radius 1 is 1.50 bits per heavy atom. The van der Waals surface area contributed by atoms with Gasteiger partial charge in [-0.3, -0.25) is 9.48 Å². The summed E-state index contributed by atoms with van der Waals surface area (Å²) in [6.07, 6.45) is 3.06. The van der Waals surface area contributed by atoms with E-state index in [0.29, 0.717) is 21.6 Å². The predicted octanol–water partition coefficient (Wildman–Crippen LogP) is 1.11. The highest BCUT2D eigenvalue weighted by Gasteiger charge is 2.10. The summed E-state index contributed by atoms with van der Waals surface area (Å²) in [5, 5.41) is 7.59. The van der Waals surface area contributed by atoms with Crippen LogP contribution in [0.25, 0.3) is 0 Å². The van der Waals surface area contributed by atoms with Gasteiger partial charge in [-0.2, -0.15) is 5.10 Å². The third-order valence-corrected chi connectivity index (χ3v) is 3.26. The van der Waals surface area contributed by atoms with Crippen molar-refractivity contribution < 1.29 is 14.4 Å².